The quantitative estimate of drug-likeness (QED) is 0.849. The lowest BCUT2D eigenvalue weighted by Gasteiger charge is -2.29. The number of benzene rings is 1. The van der Waals surface area contributed by atoms with Crippen molar-refractivity contribution >= 4 is 5.69 Å². The van der Waals surface area contributed by atoms with E-state index >= 15 is 0 Å². The predicted molar refractivity (Wildman–Crippen MR) is 71.9 cm³/mol. The number of rotatable bonds is 2. The maximum Gasteiger partial charge on any atom is 0.120 e. The molecule has 0 radical (unpaired) electrons. The first kappa shape index (κ1) is 12.2. The molecule has 1 atom stereocenters. The van der Waals surface area contributed by atoms with Crippen molar-refractivity contribution < 1.29 is 4.74 Å². The van der Waals surface area contributed by atoms with E-state index in [4.69, 9.17) is 4.74 Å². The highest BCUT2D eigenvalue weighted by Gasteiger charge is 2.12. The minimum atomic E-state index is 0.614. The molecule has 1 fully saturated rings. The summed E-state index contributed by atoms with van der Waals surface area (Å²) in [5.74, 6) is 0.940. The smallest absolute Gasteiger partial charge is 0.120 e. The van der Waals surface area contributed by atoms with E-state index in [9.17, 15) is 0 Å². The number of hydrogen-bond acceptors (Lipinski definition) is 3. The minimum absolute atomic E-state index is 0.614. The van der Waals surface area contributed by atoms with E-state index < -0.39 is 0 Å². The first-order valence-electron chi connectivity index (χ1n) is 6.42. The Hall–Kier alpha value is -1.22. The van der Waals surface area contributed by atoms with Gasteiger partial charge in [-0.3, -0.25) is 0 Å². The summed E-state index contributed by atoms with van der Waals surface area (Å²) in [7, 11) is 1.72. The van der Waals surface area contributed by atoms with Crippen molar-refractivity contribution in [2.45, 2.75) is 25.8 Å². The maximum absolute atomic E-state index is 5.28. The van der Waals surface area contributed by atoms with Crippen molar-refractivity contribution in [3.63, 3.8) is 0 Å². The van der Waals surface area contributed by atoms with Crippen molar-refractivity contribution in [2.75, 3.05) is 31.6 Å². The van der Waals surface area contributed by atoms with Crippen LogP contribution in [0.3, 0.4) is 0 Å². The van der Waals surface area contributed by atoms with Crippen molar-refractivity contribution in [1.29, 1.82) is 0 Å². The number of nitrogens with one attached hydrogen (secondary N) is 1. The Balaban J connectivity index is 2.07. The Morgan fingerprint density at radius 1 is 1.35 bits per heavy atom. The van der Waals surface area contributed by atoms with Gasteiger partial charge in [0.1, 0.15) is 5.75 Å². The molecular weight excluding hydrogens is 212 g/mol. The van der Waals surface area contributed by atoms with E-state index in [1.807, 2.05) is 6.07 Å². The van der Waals surface area contributed by atoms with Gasteiger partial charge >= 0.3 is 0 Å². The normalized spacial score (nSPS) is 21.8. The Kier molecular flexibility index (Phi) is 4.26. The zero-order chi connectivity index (χ0) is 12.1. The molecule has 1 heterocycles. The van der Waals surface area contributed by atoms with Crippen LogP contribution in [0.1, 0.15) is 19.8 Å². The van der Waals surface area contributed by atoms with E-state index in [-0.39, 0.29) is 0 Å². The van der Waals surface area contributed by atoms with Gasteiger partial charge in [-0.2, -0.15) is 0 Å². The van der Waals surface area contributed by atoms with Crippen LogP contribution in [0.25, 0.3) is 0 Å². The van der Waals surface area contributed by atoms with Gasteiger partial charge in [0.2, 0.25) is 0 Å². The van der Waals surface area contributed by atoms with Crippen LogP contribution in [0.2, 0.25) is 0 Å². The number of nitrogens with zero attached hydrogens (tertiary/aromatic N) is 1. The van der Waals surface area contributed by atoms with Gasteiger partial charge in [0, 0.05) is 30.9 Å². The average Bonchev–Trinajstić information content (AvgIpc) is 2.34. The molecule has 0 spiro atoms. The third-order valence-electron chi connectivity index (χ3n) is 3.35. The topological polar surface area (TPSA) is 24.5 Å². The second-order valence-corrected chi connectivity index (χ2v) is 4.69. The van der Waals surface area contributed by atoms with Crippen LogP contribution in [0.15, 0.2) is 24.3 Å². The van der Waals surface area contributed by atoms with Crippen molar-refractivity contribution in [3.8, 4) is 5.75 Å². The molecule has 3 nitrogen and oxygen atoms in total. The SMILES string of the molecule is COc1cccc(N2CCCNC(C)CC2)c1. The molecule has 0 saturated carbocycles. The maximum atomic E-state index is 5.28. The molecule has 1 aromatic rings. The third kappa shape index (κ3) is 3.37. The van der Waals surface area contributed by atoms with Gasteiger partial charge in [0.25, 0.3) is 0 Å². The first-order chi connectivity index (χ1) is 8.29. The monoisotopic (exact) mass is 234 g/mol. The van der Waals surface area contributed by atoms with Crippen LogP contribution in [0.4, 0.5) is 5.69 Å². The van der Waals surface area contributed by atoms with Crippen LogP contribution in [0, 0.1) is 0 Å². The highest BCUT2D eigenvalue weighted by molar-refractivity contribution is 5.50. The molecule has 0 aromatic heterocycles. The summed E-state index contributed by atoms with van der Waals surface area (Å²) in [5.41, 5.74) is 1.28. The van der Waals surface area contributed by atoms with E-state index in [0.717, 1.165) is 25.4 Å². The number of hydrogen-bond donors (Lipinski definition) is 1. The van der Waals surface area contributed by atoms with E-state index in [1.54, 1.807) is 7.11 Å². The lowest BCUT2D eigenvalue weighted by molar-refractivity contribution is 0.414. The van der Waals surface area contributed by atoms with E-state index in [0.29, 0.717) is 6.04 Å². The Bertz CT molecular complexity index is 354. The standard InChI is InChI=1S/C14H22N2O/c1-12-7-10-16(9-4-8-15-12)13-5-3-6-14(11-13)17-2/h3,5-6,11-12,15H,4,7-10H2,1-2H3. The molecule has 3 heteroatoms. The Morgan fingerprint density at radius 2 is 2.24 bits per heavy atom. The highest BCUT2D eigenvalue weighted by Crippen LogP contribution is 2.22. The molecule has 17 heavy (non-hydrogen) atoms. The fourth-order valence-electron chi connectivity index (χ4n) is 2.25. The summed E-state index contributed by atoms with van der Waals surface area (Å²) in [6.07, 6.45) is 2.39. The molecule has 1 aliphatic rings. The summed E-state index contributed by atoms with van der Waals surface area (Å²) >= 11 is 0. The second kappa shape index (κ2) is 5.92. The molecule has 1 N–H and O–H groups in total. The zero-order valence-corrected chi connectivity index (χ0v) is 10.8. The number of anilines is 1. The molecule has 1 unspecified atom stereocenters. The molecule has 0 aliphatic carbocycles. The van der Waals surface area contributed by atoms with Gasteiger partial charge in [0.05, 0.1) is 7.11 Å². The van der Waals surface area contributed by atoms with E-state index in [1.165, 1.54) is 18.5 Å². The van der Waals surface area contributed by atoms with Crippen LogP contribution in [0.5, 0.6) is 5.75 Å². The van der Waals surface area contributed by atoms with Gasteiger partial charge in [0.15, 0.2) is 0 Å². The van der Waals surface area contributed by atoms with Crippen LogP contribution < -0.4 is 15.0 Å². The Morgan fingerprint density at radius 3 is 3.06 bits per heavy atom. The summed E-state index contributed by atoms with van der Waals surface area (Å²) in [4.78, 5) is 2.46. The Labute approximate surface area is 104 Å². The lowest BCUT2D eigenvalue weighted by Crippen LogP contribution is -2.38. The lowest BCUT2D eigenvalue weighted by atomic mass is 10.1. The average molecular weight is 234 g/mol. The van der Waals surface area contributed by atoms with Crippen molar-refractivity contribution in [3.05, 3.63) is 24.3 Å². The molecular formula is C14H22N2O. The van der Waals surface area contributed by atoms with Crippen molar-refractivity contribution in [2.24, 2.45) is 0 Å². The number of methoxy groups -OCH3 is 1. The minimum Gasteiger partial charge on any atom is -0.497 e. The largest absolute Gasteiger partial charge is 0.497 e. The molecule has 0 bridgehead atoms. The molecule has 94 valence electrons. The van der Waals surface area contributed by atoms with Gasteiger partial charge in [-0.05, 0) is 38.4 Å². The zero-order valence-electron chi connectivity index (χ0n) is 10.8. The fraction of sp³-hybridized carbons (Fsp3) is 0.571. The van der Waals surface area contributed by atoms with Gasteiger partial charge in [-0.1, -0.05) is 6.07 Å². The molecule has 1 saturated heterocycles. The third-order valence-corrected chi connectivity index (χ3v) is 3.35. The predicted octanol–water partition coefficient (Wildman–Crippen LogP) is 2.27. The van der Waals surface area contributed by atoms with Crippen LogP contribution >= 0.6 is 0 Å². The summed E-state index contributed by atoms with van der Waals surface area (Å²) < 4.78 is 5.28. The van der Waals surface area contributed by atoms with Crippen LogP contribution in [-0.4, -0.2) is 32.8 Å². The van der Waals surface area contributed by atoms with Crippen molar-refractivity contribution in [1.82, 2.24) is 5.32 Å². The summed E-state index contributed by atoms with van der Waals surface area (Å²) in [6.45, 7) is 5.60. The molecule has 1 aromatic carbocycles. The second-order valence-electron chi connectivity index (χ2n) is 4.69. The first-order valence-corrected chi connectivity index (χ1v) is 6.42. The van der Waals surface area contributed by atoms with Crippen LogP contribution in [-0.2, 0) is 0 Å². The molecule has 0 amide bonds. The number of ether oxygens (including phenoxy) is 1. The van der Waals surface area contributed by atoms with E-state index in [2.05, 4.69) is 35.3 Å². The fourth-order valence-corrected chi connectivity index (χ4v) is 2.25. The molecule has 2 rings (SSSR count). The van der Waals surface area contributed by atoms with Gasteiger partial charge < -0.3 is 15.0 Å². The van der Waals surface area contributed by atoms with Gasteiger partial charge in [-0.25, -0.2) is 0 Å². The van der Waals surface area contributed by atoms with Gasteiger partial charge in [-0.15, -0.1) is 0 Å². The summed E-state index contributed by atoms with van der Waals surface area (Å²) in [5, 5.41) is 3.53. The summed E-state index contributed by atoms with van der Waals surface area (Å²) in [6, 6.07) is 8.97. The molecule has 1 aliphatic heterocycles. The highest BCUT2D eigenvalue weighted by atomic mass is 16.5.